The van der Waals surface area contributed by atoms with Gasteiger partial charge in [-0.15, -0.1) is 0 Å². The van der Waals surface area contributed by atoms with Crippen molar-refractivity contribution in [1.82, 2.24) is 9.97 Å². The van der Waals surface area contributed by atoms with Crippen LogP contribution >= 0.6 is 0 Å². The Hall–Kier alpha value is -1.61. The van der Waals surface area contributed by atoms with E-state index >= 15 is 0 Å². The highest BCUT2D eigenvalue weighted by Crippen LogP contribution is 2.30. The summed E-state index contributed by atoms with van der Waals surface area (Å²) in [4.78, 5) is 8.06. The van der Waals surface area contributed by atoms with Crippen LogP contribution in [0.5, 0.6) is 0 Å². The van der Waals surface area contributed by atoms with Crippen LogP contribution in [0.4, 0.5) is 0 Å². The van der Waals surface area contributed by atoms with Crippen LogP contribution in [-0.2, 0) is 11.8 Å². The number of aromatic nitrogens is 2. The van der Waals surface area contributed by atoms with Gasteiger partial charge < -0.3 is 10.7 Å². The molecule has 0 aliphatic carbocycles. The van der Waals surface area contributed by atoms with E-state index in [2.05, 4.69) is 57.8 Å². The molecule has 0 bridgehead atoms. The number of nitrogens with two attached hydrogens (primary N) is 1. The lowest BCUT2D eigenvalue weighted by molar-refractivity contribution is 0.590. The van der Waals surface area contributed by atoms with Crippen LogP contribution in [0.15, 0.2) is 18.2 Å². The van der Waals surface area contributed by atoms with E-state index < -0.39 is 0 Å². The zero-order valence-corrected chi connectivity index (χ0v) is 13.2. The number of nitrogens with one attached hydrogen (secondary N) is 1. The third-order valence-corrected chi connectivity index (χ3v) is 3.67. The summed E-state index contributed by atoms with van der Waals surface area (Å²) in [5.74, 6) is 0.973. The molecule has 1 aromatic heterocycles. The summed E-state index contributed by atoms with van der Waals surface area (Å²) in [5, 5.41) is 0. The molecule has 0 amide bonds. The Labute approximate surface area is 121 Å². The molecule has 0 unspecified atom stereocenters. The van der Waals surface area contributed by atoms with Crippen molar-refractivity contribution < 1.29 is 0 Å². The lowest BCUT2D eigenvalue weighted by Crippen LogP contribution is -2.11. The van der Waals surface area contributed by atoms with Crippen LogP contribution in [0.1, 0.15) is 43.4 Å². The van der Waals surface area contributed by atoms with E-state index in [9.17, 15) is 0 Å². The molecule has 0 saturated carbocycles. The highest BCUT2D eigenvalue weighted by Gasteiger charge is 2.17. The fourth-order valence-corrected chi connectivity index (χ4v) is 2.38. The van der Waals surface area contributed by atoms with Gasteiger partial charge in [0.1, 0.15) is 5.82 Å². The van der Waals surface area contributed by atoms with Gasteiger partial charge in [0, 0.05) is 17.7 Å². The average molecular weight is 271 g/mol. The Balaban J connectivity index is 2.51. The maximum absolute atomic E-state index is 5.61. The van der Waals surface area contributed by atoms with Crippen molar-refractivity contribution in [2.24, 2.45) is 5.73 Å². The van der Waals surface area contributed by atoms with Gasteiger partial charge in [-0.3, -0.25) is 0 Å². The number of benzene rings is 1. The van der Waals surface area contributed by atoms with Gasteiger partial charge in [-0.2, -0.15) is 0 Å². The normalized spacial score (nSPS) is 11.9. The number of H-pyrrole nitrogens is 1. The predicted molar refractivity (Wildman–Crippen MR) is 85.0 cm³/mol. The molecule has 0 aliphatic rings. The van der Waals surface area contributed by atoms with Crippen LogP contribution in [0.3, 0.4) is 0 Å². The molecular weight excluding hydrogens is 246 g/mol. The number of hydrogen-bond donors (Lipinski definition) is 2. The molecule has 1 aromatic carbocycles. The quantitative estimate of drug-likeness (QED) is 0.897. The number of imidazole rings is 1. The summed E-state index contributed by atoms with van der Waals surface area (Å²) in [6, 6.07) is 6.67. The van der Waals surface area contributed by atoms with E-state index in [1.165, 1.54) is 16.7 Å². The Bertz CT molecular complexity index is 603. The number of aryl methyl sites for hydroxylation is 2. The molecular formula is C17H25N3. The SMILES string of the molecule is Cc1ccc(C(C)(C)C)cc1-c1nc(CCN)[nH]c1C. The largest absolute Gasteiger partial charge is 0.346 e. The molecule has 2 rings (SSSR count). The lowest BCUT2D eigenvalue weighted by Gasteiger charge is -2.20. The minimum atomic E-state index is 0.146. The first-order valence-corrected chi connectivity index (χ1v) is 7.20. The summed E-state index contributed by atoms with van der Waals surface area (Å²) in [6.07, 6.45) is 0.791. The summed E-state index contributed by atoms with van der Waals surface area (Å²) in [6.45, 7) is 11.5. The second-order valence-corrected chi connectivity index (χ2v) is 6.48. The van der Waals surface area contributed by atoms with Gasteiger partial charge in [-0.25, -0.2) is 4.98 Å². The first-order valence-electron chi connectivity index (χ1n) is 7.20. The number of rotatable bonds is 3. The van der Waals surface area contributed by atoms with Gasteiger partial charge in [-0.1, -0.05) is 32.9 Å². The van der Waals surface area contributed by atoms with Gasteiger partial charge in [0.15, 0.2) is 0 Å². The number of nitrogens with zero attached hydrogens (tertiary/aromatic N) is 1. The molecule has 0 aliphatic heterocycles. The highest BCUT2D eigenvalue weighted by molar-refractivity contribution is 5.67. The van der Waals surface area contributed by atoms with Crippen LogP contribution in [0.25, 0.3) is 11.3 Å². The molecule has 0 spiro atoms. The van der Waals surface area contributed by atoms with E-state index in [1.54, 1.807) is 0 Å². The van der Waals surface area contributed by atoms with Crippen molar-refractivity contribution in [2.45, 2.75) is 46.5 Å². The highest BCUT2D eigenvalue weighted by atomic mass is 14.9. The van der Waals surface area contributed by atoms with Gasteiger partial charge >= 0.3 is 0 Å². The summed E-state index contributed by atoms with van der Waals surface area (Å²) >= 11 is 0. The Morgan fingerprint density at radius 1 is 1.20 bits per heavy atom. The van der Waals surface area contributed by atoms with Crippen LogP contribution in [0.2, 0.25) is 0 Å². The third-order valence-electron chi connectivity index (χ3n) is 3.67. The van der Waals surface area contributed by atoms with Gasteiger partial charge in [0.05, 0.1) is 5.69 Å². The molecule has 0 fully saturated rings. The second kappa shape index (κ2) is 5.41. The van der Waals surface area contributed by atoms with E-state index in [4.69, 9.17) is 10.7 Å². The van der Waals surface area contributed by atoms with Crippen LogP contribution in [0, 0.1) is 13.8 Å². The van der Waals surface area contributed by atoms with E-state index in [-0.39, 0.29) is 5.41 Å². The Morgan fingerprint density at radius 2 is 1.90 bits per heavy atom. The van der Waals surface area contributed by atoms with Crippen molar-refractivity contribution in [3.8, 4) is 11.3 Å². The summed E-state index contributed by atoms with van der Waals surface area (Å²) in [7, 11) is 0. The standard InChI is InChI=1S/C17H25N3/c1-11-6-7-13(17(3,4)5)10-14(11)16-12(2)19-15(20-16)8-9-18/h6-7,10H,8-9,18H2,1-5H3,(H,19,20). The third kappa shape index (κ3) is 2.93. The first kappa shape index (κ1) is 14.8. The topological polar surface area (TPSA) is 54.7 Å². The van der Waals surface area contributed by atoms with Crippen molar-refractivity contribution in [3.05, 3.63) is 40.8 Å². The van der Waals surface area contributed by atoms with Crippen LogP contribution < -0.4 is 5.73 Å². The van der Waals surface area contributed by atoms with Gasteiger partial charge in [0.25, 0.3) is 0 Å². The monoisotopic (exact) mass is 271 g/mol. The first-order chi connectivity index (χ1) is 9.32. The van der Waals surface area contributed by atoms with Crippen molar-refractivity contribution in [3.63, 3.8) is 0 Å². The predicted octanol–water partition coefficient (Wildman–Crippen LogP) is 3.49. The number of hydrogen-bond acceptors (Lipinski definition) is 2. The molecule has 108 valence electrons. The maximum Gasteiger partial charge on any atom is 0.108 e. The fraction of sp³-hybridized carbons (Fsp3) is 0.471. The minimum absolute atomic E-state index is 0.146. The fourth-order valence-electron chi connectivity index (χ4n) is 2.38. The van der Waals surface area contributed by atoms with Crippen LogP contribution in [-0.4, -0.2) is 16.5 Å². The molecule has 3 nitrogen and oxygen atoms in total. The van der Waals surface area contributed by atoms with Crippen molar-refractivity contribution in [2.75, 3.05) is 6.54 Å². The second-order valence-electron chi connectivity index (χ2n) is 6.48. The Morgan fingerprint density at radius 3 is 2.50 bits per heavy atom. The number of aromatic amines is 1. The zero-order valence-electron chi connectivity index (χ0n) is 13.2. The molecule has 2 aromatic rings. The van der Waals surface area contributed by atoms with Crippen molar-refractivity contribution >= 4 is 0 Å². The van der Waals surface area contributed by atoms with Gasteiger partial charge in [0.2, 0.25) is 0 Å². The lowest BCUT2D eigenvalue weighted by atomic mass is 9.85. The smallest absolute Gasteiger partial charge is 0.108 e. The molecule has 0 atom stereocenters. The maximum atomic E-state index is 5.61. The van der Waals surface area contributed by atoms with Crippen molar-refractivity contribution in [1.29, 1.82) is 0 Å². The van der Waals surface area contributed by atoms with E-state index in [0.29, 0.717) is 6.54 Å². The minimum Gasteiger partial charge on any atom is -0.346 e. The summed E-state index contributed by atoms with van der Waals surface area (Å²) < 4.78 is 0. The molecule has 0 radical (unpaired) electrons. The molecule has 0 saturated heterocycles. The zero-order chi connectivity index (χ0) is 14.9. The molecule has 3 N–H and O–H groups in total. The average Bonchev–Trinajstić information content (AvgIpc) is 2.70. The molecule has 3 heteroatoms. The summed E-state index contributed by atoms with van der Waals surface area (Å²) in [5.41, 5.74) is 11.7. The molecule has 1 heterocycles. The van der Waals surface area contributed by atoms with E-state index in [1.807, 2.05) is 0 Å². The molecule has 20 heavy (non-hydrogen) atoms. The van der Waals surface area contributed by atoms with Gasteiger partial charge in [-0.05, 0) is 43.0 Å². The Kier molecular flexibility index (Phi) is 4.00. The van der Waals surface area contributed by atoms with E-state index in [0.717, 1.165) is 23.6 Å².